The van der Waals surface area contributed by atoms with E-state index in [4.69, 9.17) is 14.2 Å². The summed E-state index contributed by atoms with van der Waals surface area (Å²) in [5.41, 5.74) is 5.20. The average Bonchev–Trinajstić information content (AvgIpc) is 3.42. The molecule has 1 aliphatic carbocycles. The van der Waals surface area contributed by atoms with Crippen molar-refractivity contribution >= 4 is 12.1 Å². The fraction of sp³-hybridized carbons (Fsp3) is 0.231. The van der Waals surface area contributed by atoms with E-state index in [0.717, 1.165) is 32.7 Å². The van der Waals surface area contributed by atoms with Crippen LogP contribution in [0, 0.1) is 0 Å². The van der Waals surface area contributed by atoms with Gasteiger partial charge in [-0.2, -0.15) is 0 Å². The quantitative estimate of drug-likeness (QED) is 0.609. The molecule has 33 heavy (non-hydrogen) atoms. The average molecular weight is 445 g/mol. The number of benzene rings is 3. The molecular weight excluding hydrogens is 422 g/mol. The van der Waals surface area contributed by atoms with E-state index >= 15 is 0 Å². The number of aliphatic carboxylic acids is 1. The highest BCUT2D eigenvalue weighted by Gasteiger charge is 2.32. The molecule has 3 aromatic rings. The lowest BCUT2D eigenvalue weighted by Crippen LogP contribution is -2.44. The van der Waals surface area contributed by atoms with Gasteiger partial charge in [0.15, 0.2) is 11.5 Å². The summed E-state index contributed by atoms with van der Waals surface area (Å²) in [5, 5.41) is 9.78. The van der Waals surface area contributed by atoms with Gasteiger partial charge in [0.25, 0.3) is 0 Å². The van der Waals surface area contributed by atoms with Crippen molar-refractivity contribution in [2.24, 2.45) is 0 Å². The van der Waals surface area contributed by atoms with Crippen molar-refractivity contribution in [1.29, 1.82) is 0 Å². The first-order valence-corrected chi connectivity index (χ1v) is 10.7. The van der Waals surface area contributed by atoms with Crippen LogP contribution in [0.4, 0.5) is 4.79 Å². The largest absolute Gasteiger partial charge is 0.480 e. The fourth-order valence-corrected chi connectivity index (χ4v) is 4.50. The van der Waals surface area contributed by atoms with Crippen molar-refractivity contribution in [3.8, 4) is 22.6 Å². The molecular formula is C26H23NO6. The third-order valence-electron chi connectivity index (χ3n) is 6.24. The monoisotopic (exact) mass is 445 g/mol. The summed E-state index contributed by atoms with van der Waals surface area (Å²) in [5.74, 6) is -0.00786. The minimum Gasteiger partial charge on any atom is -0.480 e. The number of hydrogen-bond donors (Lipinski definition) is 1. The van der Waals surface area contributed by atoms with Crippen LogP contribution >= 0.6 is 0 Å². The van der Waals surface area contributed by atoms with E-state index in [1.807, 2.05) is 36.4 Å². The van der Waals surface area contributed by atoms with Crippen LogP contribution in [0.15, 0.2) is 66.7 Å². The maximum absolute atomic E-state index is 12.8. The summed E-state index contributed by atoms with van der Waals surface area (Å²) >= 11 is 0. The zero-order chi connectivity index (χ0) is 22.9. The minimum absolute atomic E-state index is 0.0908. The van der Waals surface area contributed by atoms with E-state index < -0.39 is 18.1 Å². The third kappa shape index (κ3) is 3.86. The smallest absolute Gasteiger partial charge is 0.410 e. The SMILES string of the molecule is CN(C(=O)OCC1c2ccccc2-c2ccccc21)[C@@H](Cc1ccc2c(c1)OCO2)C(=O)O. The Kier molecular flexibility index (Phi) is 5.38. The topological polar surface area (TPSA) is 85.3 Å². The van der Waals surface area contributed by atoms with Gasteiger partial charge in [0.1, 0.15) is 12.6 Å². The molecule has 1 aliphatic heterocycles. The van der Waals surface area contributed by atoms with Crippen LogP contribution in [0.3, 0.4) is 0 Å². The molecule has 0 saturated carbocycles. The molecule has 0 aromatic heterocycles. The number of carbonyl (C=O) groups excluding carboxylic acids is 1. The maximum atomic E-state index is 12.8. The molecule has 1 N–H and O–H groups in total. The molecule has 0 radical (unpaired) electrons. The molecule has 0 unspecified atom stereocenters. The second-order valence-electron chi connectivity index (χ2n) is 8.16. The van der Waals surface area contributed by atoms with Gasteiger partial charge in [0, 0.05) is 19.4 Å². The highest BCUT2D eigenvalue weighted by molar-refractivity contribution is 5.81. The molecule has 3 aromatic carbocycles. The first-order chi connectivity index (χ1) is 16.0. The van der Waals surface area contributed by atoms with Crippen molar-refractivity contribution in [3.05, 3.63) is 83.4 Å². The standard InChI is InChI=1S/C26H23NO6/c1-27(22(25(28)29)12-16-10-11-23-24(13-16)33-15-32-23)26(30)31-14-21-19-8-4-2-6-17(19)18-7-3-5-9-20(18)21/h2-11,13,21-22H,12,14-15H2,1H3,(H,28,29)/t22-/m0/s1. The van der Waals surface area contributed by atoms with E-state index in [-0.39, 0.29) is 25.7 Å². The number of carboxylic acid groups (broad SMARTS) is 1. The van der Waals surface area contributed by atoms with Crippen LogP contribution in [-0.2, 0) is 16.0 Å². The summed E-state index contributed by atoms with van der Waals surface area (Å²) in [6.45, 7) is 0.272. The molecule has 2 aliphatic rings. The van der Waals surface area contributed by atoms with Crippen LogP contribution < -0.4 is 9.47 Å². The van der Waals surface area contributed by atoms with Gasteiger partial charge in [-0.3, -0.25) is 4.90 Å². The Hall–Kier alpha value is -4.00. The second kappa shape index (κ2) is 8.50. The molecule has 5 rings (SSSR count). The van der Waals surface area contributed by atoms with E-state index in [0.29, 0.717) is 11.5 Å². The van der Waals surface area contributed by atoms with E-state index in [9.17, 15) is 14.7 Å². The molecule has 1 atom stereocenters. The summed E-state index contributed by atoms with van der Waals surface area (Å²) in [7, 11) is 1.45. The summed E-state index contributed by atoms with van der Waals surface area (Å²) in [6, 6.07) is 20.3. The molecule has 0 spiro atoms. The summed E-state index contributed by atoms with van der Waals surface area (Å²) in [6.07, 6.45) is -0.558. The Bertz CT molecular complexity index is 1180. The van der Waals surface area contributed by atoms with E-state index in [1.54, 1.807) is 18.2 Å². The highest BCUT2D eigenvalue weighted by atomic mass is 16.7. The van der Waals surface area contributed by atoms with Gasteiger partial charge in [-0.25, -0.2) is 9.59 Å². The normalized spacial score (nSPS) is 14.3. The minimum atomic E-state index is -1.11. The summed E-state index contributed by atoms with van der Waals surface area (Å²) < 4.78 is 16.3. The van der Waals surface area contributed by atoms with Crippen LogP contribution in [0.2, 0.25) is 0 Å². The lowest BCUT2D eigenvalue weighted by atomic mass is 9.98. The number of fused-ring (bicyclic) bond motifs is 4. The molecule has 7 heteroatoms. The van der Waals surface area contributed by atoms with Crippen LogP contribution in [-0.4, -0.2) is 48.6 Å². The van der Waals surface area contributed by atoms with Gasteiger partial charge in [-0.1, -0.05) is 54.6 Å². The van der Waals surface area contributed by atoms with Crippen LogP contribution in [0.5, 0.6) is 11.5 Å². The lowest BCUT2D eigenvalue weighted by molar-refractivity contribution is -0.142. The molecule has 0 saturated heterocycles. The van der Waals surface area contributed by atoms with Gasteiger partial charge in [0.05, 0.1) is 0 Å². The number of likely N-dealkylation sites (N-methyl/N-ethyl adjacent to an activating group) is 1. The molecule has 0 fully saturated rings. The number of nitrogens with zero attached hydrogens (tertiary/aromatic N) is 1. The van der Waals surface area contributed by atoms with Gasteiger partial charge in [-0.15, -0.1) is 0 Å². The number of rotatable bonds is 6. The first-order valence-electron chi connectivity index (χ1n) is 10.7. The number of hydrogen-bond acceptors (Lipinski definition) is 5. The Morgan fingerprint density at radius 1 is 1.00 bits per heavy atom. The van der Waals surface area contributed by atoms with Crippen molar-refractivity contribution in [2.45, 2.75) is 18.4 Å². The zero-order valence-electron chi connectivity index (χ0n) is 18.1. The van der Waals surface area contributed by atoms with Crippen molar-refractivity contribution in [3.63, 3.8) is 0 Å². The molecule has 168 valence electrons. The number of carboxylic acids is 1. The predicted molar refractivity (Wildman–Crippen MR) is 121 cm³/mol. The predicted octanol–water partition coefficient (Wildman–Crippen LogP) is 4.29. The van der Waals surface area contributed by atoms with Gasteiger partial charge < -0.3 is 19.3 Å². The Morgan fingerprint density at radius 2 is 1.64 bits per heavy atom. The maximum Gasteiger partial charge on any atom is 0.410 e. The second-order valence-corrected chi connectivity index (χ2v) is 8.16. The summed E-state index contributed by atoms with van der Waals surface area (Å²) in [4.78, 5) is 25.9. The van der Waals surface area contributed by atoms with Crippen LogP contribution in [0.1, 0.15) is 22.6 Å². The van der Waals surface area contributed by atoms with Crippen molar-refractivity contribution in [1.82, 2.24) is 4.90 Å². The zero-order valence-corrected chi connectivity index (χ0v) is 18.1. The Balaban J connectivity index is 1.29. The van der Waals surface area contributed by atoms with Gasteiger partial charge >= 0.3 is 12.1 Å². The van der Waals surface area contributed by atoms with Gasteiger partial charge in [0.2, 0.25) is 6.79 Å². The molecule has 0 bridgehead atoms. The molecule has 1 amide bonds. The fourth-order valence-electron chi connectivity index (χ4n) is 4.50. The highest BCUT2D eigenvalue weighted by Crippen LogP contribution is 2.44. The first kappa shape index (κ1) is 20.9. The number of ether oxygens (including phenoxy) is 3. The van der Waals surface area contributed by atoms with E-state index in [1.165, 1.54) is 7.05 Å². The van der Waals surface area contributed by atoms with Crippen molar-refractivity contribution < 1.29 is 28.9 Å². The van der Waals surface area contributed by atoms with Crippen LogP contribution in [0.25, 0.3) is 11.1 Å². The number of amides is 1. The molecule has 7 nitrogen and oxygen atoms in total. The van der Waals surface area contributed by atoms with Crippen molar-refractivity contribution in [2.75, 3.05) is 20.4 Å². The third-order valence-corrected chi connectivity index (χ3v) is 6.24. The molecule has 1 heterocycles. The lowest BCUT2D eigenvalue weighted by Gasteiger charge is -2.25. The number of carbonyl (C=O) groups is 2. The Labute approximate surface area is 191 Å². The Morgan fingerprint density at radius 3 is 2.30 bits per heavy atom. The van der Waals surface area contributed by atoms with Gasteiger partial charge in [-0.05, 0) is 39.9 Å². The van der Waals surface area contributed by atoms with E-state index in [2.05, 4.69) is 12.1 Å².